The zero-order valence-corrected chi connectivity index (χ0v) is 9.63. The minimum absolute atomic E-state index is 0.170. The molecular weight excluding hydrogens is 217 g/mol. The molecule has 0 aliphatic carbocycles. The minimum Gasteiger partial charge on any atom is -0.342 e. The Kier molecular flexibility index (Phi) is 2.44. The van der Waals surface area contributed by atoms with Crippen molar-refractivity contribution < 1.29 is 4.39 Å². The van der Waals surface area contributed by atoms with E-state index in [9.17, 15) is 4.39 Å². The van der Waals surface area contributed by atoms with Crippen LogP contribution in [0.5, 0.6) is 0 Å². The average Bonchev–Trinajstić information content (AvgIpc) is 2.69. The molecule has 2 heterocycles. The lowest BCUT2D eigenvalue weighted by molar-refractivity contribution is 0.433. The Hall–Kier alpha value is -1.68. The maximum absolute atomic E-state index is 13.2. The Morgan fingerprint density at radius 3 is 2.82 bits per heavy atom. The molecule has 2 aromatic rings. The summed E-state index contributed by atoms with van der Waals surface area (Å²) in [5.41, 5.74) is 2.59. The maximum Gasteiger partial charge on any atom is 0.126 e. The molecule has 1 aliphatic heterocycles. The molecule has 0 atom stereocenters. The molecule has 1 aromatic carbocycles. The first-order valence-electron chi connectivity index (χ1n) is 5.76. The lowest BCUT2D eigenvalue weighted by Gasteiger charge is -2.24. The van der Waals surface area contributed by atoms with Crippen LogP contribution in [0.4, 0.5) is 4.39 Å². The van der Waals surface area contributed by atoms with Gasteiger partial charge in [0.15, 0.2) is 0 Å². The van der Waals surface area contributed by atoms with Crippen LogP contribution in [0.1, 0.15) is 17.3 Å². The van der Waals surface area contributed by atoms with Crippen LogP contribution in [0.3, 0.4) is 0 Å². The van der Waals surface area contributed by atoms with Crippen LogP contribution < -0.4 is 5.32 Å². The number of hydrogen-bond acceptors (Lipinski definition) is 2. The number of aromatic amines is 1. The SMILES string of the molecule is Cc1cc(-c2cnc(C3CNC3)[nH]2)ccc1F. The van der Waals surface area contributed by atoms with E-state index in [2.05, 4.69) is 15.3 Å². The topological polar surface area (TPSA) is 40.7 Å². The number of aryl methyl sites for hydroxylation is 1. The fraction of sp³-hybridized carbons (Fsp3) is 0.308. The highest BCUT2D eigenvalue weighted by Crippen LogP contribution is 2.23. The normalized spacial score (nSPS) is 15.9. The van der Waals surface area contributed by atoms with Crippen molar-refractivity contribution in [2.75, 3.05) is 13.1 Å². The number of halogens is 1. The molecule has 0 spiro atoms. The summed E-state index contributed by atoms with van der Waals surface area (Å²) >= 11 is 0. The van der Waals surface area contributed by atoms with E-state index in [1.807, 2.05) is 12.3 Å². The smallest absolute Gasteiger partial charge is 0.126 e. The van der Waals surface area contributed by atoms with Crippen molar-refractivity contribution in [3.8, 4) is 11.3 Å². The summed E-state index contributed by atoms with van der Waals surface area (Å²) in [6, 6.07) is 5.11. The molecule has 3 rings (SSSR count). The van der Waals surface area contributed by atoms with Crippen LogP contribution in [0.25, 0.3) is 11.3 Å². The maximum atomic E-state index is 13.2. The Balaban J connectivity index is 1.92. The van der Waals surface area contributed by atoms with Gasteiger partial charge in [0.2, 0.25) is 0 Å². The molecular formula is C13H14FN3. The molecule has 3 nitrogen and oxygen atoms in total. The van der Waals surface area contributed by atoms with Gasteiger partial charge in [0.1, 0.15) is 11.6 Å². The van der Waals surface area contributed by atoms with Crippen LogP contribution in [0, 0.1) is 12.7 Å². The Morgan fingerprint density at radius 1 is 1.35 bits per heavy atom. The highest BCUT2D eigenvalue weighted by molar-refractivity contribution is 5.59. The minimum atomic E-state index is -0.170. The van der Waals surface area contributed by atoms with Crippen molar-refractivity contribution in [2.45, 2.75) is 12.8 Å². The van der Waals surface area contributed by atoms with Gasteiger partial charge in [0.25, 0.3) is 0 Å². The number of H-pyrrole nitrogens is 1. The monoisotopic (exact) mass is 231 g/mol. The van der Waals surface area contributed by atoms with E-state index in [1.165, 1.54) is 6.07 Å². The van der Waals surface area contributed by atoms with E-state index >= 15 is 0 Å². The number of benzene rings is 1. The molecule has 2 N–H and O–H groups in total. The summed E-state index contributed by atoms with van der Waals surface area (Å²) in [5, 5.41) is 3.22. The standard InChI is InChI=1S/C13H14FN3/c1-8-4-9(2-3-11(8)14)12-7-16-13(17-12)10-5-15-6-10/h2-4,7,10,15H,5-6H2,1H3,(H,16,17). The molecule has 17 heavy (non-hydrogen) atoms. The van der Waals surface area contributed by atoms with E-state index in [0.29, 0.717) is 11.5 Å². The Morgan fingerprint density at radius 2 is 2.18 bits per heavy atom. The molecule has 4 heteroatoms. The van der Waals surface area contributed by atoms with Gasteiger partial charge in [0, 0.05) is 24.6 Å². The number of rotatable bonds is 2. The molecule has 0 radical (unpaired) electrons. The zero-order chi connectivity index (χ0) is 11.8. The van der Waals surface area contributed by atoms with Gasteiger partial charge in [-0.15, -0.1) is 0 Å². The first-order chi connectivity index (χ1) is 8.24. The third-order valence-electron chi connectivity index (χ3n) is 3.23. The fourth-order valence-corrected chi connectivity index (χ4v) is 1.99. The summed E-state index contributed by atoms with van der Waals surface area (Å²) in [4.78, 5) is 7.68. The van der Waals surface area contributed by atoms with Crippen molar-refractivity contribution in [1.29, 1.82) is 0 Å². The number of hydrogen-bond donors (Lipinski definition) is 2. The largest absolute Gasteiger partial charge is 0.342 e. The van der Waals surface area contributed by atoms with Crippen LogP contribution in [0.2, 0.25) is 0 Å². The third-order valence-corrected chi connectivity index (χ3v) is 3.23. The molecule has 0 unspecified atom stereocenters. The van der Waals surface area contributed by atoms with Crippen molar-refractivity contribution in [3.05, 3.63) is 41.6 Å². The van der Waals surface area contributed by atoms with Crippen LogP contribution in [-0.4, -0.2) is 23.1 Å². The number of nitrogens with one attached hydrogen (secondary N) is 2. The first-order valence-corrected chi connectivity index (χ1v) is 5.76. The van der Waals surface area contributed by atoms with Gasteiger partial charge in [-0.3, -0.25) is 0 Å². The van der Waals surface area contributed by atoms with E-state index in [1.54, 1.807) is 13.0 Å². The summed E-state index contributed by atoms with van der Waals surface area (Å²) < 4.78 is 13.2. The van der Waals surface area contributed by atoms with Crippen LogP contribution >= 0.6 is 0 Å². The Labute approximate surface area is 99.1 Å². The molecule has 1 aliphatic rings. The zero-order valence-electron chi connectivity index (χ0n) is 9.63. The molecule has 88 valence electrons. The van der Waals surface area contributed by atoms with E-state index < -0.39 is 0 Å². The fourth-order valence-electron chi connectivity index (χ4n) is 1.99. The Bertz CT molecular complexity index is 543. The van der Waals surface area contributed by atoms with Crippen molar-refractivity contribution in [3.63, 3.8) is 0 Å². The summed E-state index contributed by atoms with van der Waals surface area (Å²) in [6.07, 6.45) is 1.82. The quantitative estimate of drug-likeness (QED) is 0.832. The molecule has 1 fully saturated rings. The van der Waals surface area contributed by atoms with Gasteiger partial charge in [-0.2, -0.15) is 0 Å². The molecule has 1 saturated heterocycles. The molecule has 0 amide bonds. The van der Waals surface area contributed by atoms with E-state index in [-0.39, 0.29) is 5.82 Å². The molecule has 1 aromatic heterocycles. The van der Waals surface area contributed by atoms with Gasteiger partial charge in [-0.1, -0.05) is 0 Å². The van der Waals surface area contributed by atoms with Gasteiger partial charge in [0.05, 0.1) is 11.9 Å². The van der Waals surface area contributed by atoms with E-state index in [4.69, 9.17) is 0 Å². The second kappa shape index (κ2) is 3.96. The highest BCUT2D eigenvalue weighted by Gasteiger charge is 2.21. The van der Waals surface area contributed by atoms with Gasteiger partial charge >= 0.3 is 0 Å². The highest BCUT2D eigenvalue weighted by atomic mass is 19.1. The predicted octanol–water partition coefficient (Wildman–Crippen LogP) is 2.21. The van der Waals surface area contributed by atoms with E-state index in [0.717, 1.165) is 30.2 Å². The lowest BCUT2D eigenvalue weighted by Crippen LogP contribution is -2.40. The van der Waals surface area contributed by atoms with Crippen LogP contribution in [0.15, 0.2) is 24.4 Å². The third kappa shape index (κ3) is 1.85. The second-order valence-corrected chi connectivity index (χ2v) is 4.50. The number of aromatic nitrogens is 2. The second-order valence-electron chi connectivity index (χ2n) is 4.50. The predicted molar refractivity (Wildman–Crippen MR) is 64.3 cm³/mol. The van der Waals surface area contributed by atoms with Gasteiger partial charge in [-0.05, 0) is 30.7 Å². The number of nitrogens with zero attached hydrogens (tertiary/aromatic N) is 1. The average molecular weight is 231 g/mol. The van der Waals surface area contributed by atoms with Crippen molar-refractivity contribution in [1.82, 2.24) is 15.3 Å². The summed E-state index contributed by atoms with van der Waals surface area (Å²) in [5.74, 6) is 1.34. The summed E-state index contributed by atoms with van der Waals surface area (Å²) in [7, 11) is 0. The summed E-state index contributed by atoms with van der Waals surface area (Å²) in [6.45, 7) is 3.73. The molecule has 0 bridgehead atoms. The lowest BCUT2D eigenvalue weighted by atomic mass is 10.0. The molecule has 0 saturated carbocycles. The first kappa shape index (κ1) is 10.5. The van der Waals surface area contributed by atoms with Crippen LogP contribution in [-0.2, 0) is 0 Å². The van der Waals surface area contributed by atoms with Gasteiger partial charge < -0.3 is 10.3 Å². The van der Waals surface area contributed by atoms with Gasteiger partial charge in [-0.25, -0.2) is 9.37 Å². The van der Waals surface area contributed by atoms with Crippen molar-refractivity contribution in [2.24, 2.45) is 0 Å². The van der Waals surface area contributed by atoms with Crippen molar-refractivity contribution >= 4 is 0 Å². The number of imidazole rings is 1.